The summed E-state index contributed by atoms with van der Waals surface area (Å²) in [6.07, 6.45) is 10.7. The average molecular weight is 342 g/mol. The molecule has 0 radical (unpaired) electrons. The molecule has 0 heterocycles. The van der Waals surface area contributed by atoms with Crippen LogP contribution in [0.25, 0.3) is 11.1 Å². The monoisotopic (exact) mass is 342 g/mol. The molecule has 0 N–H and O–H groups in total. The average Bonchev–Trinajstić information content (AvgIpc) is 2.65. The van der Waals surface area contributed by atoms with E-state index in [4.69, 9.17) is 0 Å². The molecule has 0 nitrogen and oxygen atoms in total. The highest BCUT2D eigenvalue weighted by atomic mass is 19.2. The fraction of sp³-hybridized carbons (Fsp3) is 0.478. The Balaban J connectivity index is 1.59. The van der Waals surface area contributed by atoms with Gasteiger partial charge in [0, 0.05) is 0 Å². The predicted molar refractivity (Wildman–Crippen MR) is 101 cm³/mol. The Hall–Kier alpha value is -1.70. The lowest BCUT2D eigenvalue weighted by Crippen LogP contribution is -2.13. The number of benzene rings is 2. The van der Waals surface area contributed by atoms with Gasteiger partial charge in [0.2, 0.25) is 0 Å². The van der Waals surface area contributed by atoms with E-state index in [0.29, 0.717) is 5.92 Å². The van der Waals surface area contributed by atoms with E-state index in [1.54, 1.807) is 6.07 Å². The third-order valence-corrected chi connectivity index (χ3v) is 5.70. The van der Waals surface area contributed by atoms with Crippen LogP contribution in [0.4, 0.5) is 8.78 Å². The van der Waals surface area contributed by atoms with Crippen molar-refractivity contribution in [3.63, 3.8) is 0 Å². The van der Waals surface area contributed by atoms with Crippen LogP contribution in [0, 0.1) is 17.6 Å². The van der Waals surface area contributed by atoms with Crippen molar-refractivity contribution in [1.29, 1.82) is 0 Å². The summed E-state index contributed by atoms with van der Waals surface area (Å²) >= 11 is 0. The van der Waals surface area contributed by atoms with E-state index in [-0.39, 0.29) is 0 Å². The highest BCUT2D eigenvalue weighted by molar-refractivity contribution is 5.63. The first-order valence-corrected chi connectivity index (χ1v) is 9.72. The topological polar surface area (TPSA) is 0 Å². The SMILES string of the molecule is CCCCC[C@H]1CC[C@H](c2ccc(-c3ccc(F)c(F)c3)cc2)CC1. The molecule has 25 heavy (non-hydrogen) atoms. The molecule has 1 aliphatic rings. The number of hydrogen-bond donors (Lipinski definition) is 0. The van der Waals surface area contributed by atoms with E-state index < -0.39 is 11.6 Å². The lowest BCUT2D eigenvalue weighted by Gasteiger charge is -2.29. The van der Waals surface area contributed by atoms with E-state index in [1.165, 1.54) is 69.1 Å². The molecule has 1 saturated carbocycles. The van der Waals surface area contributed by atoms with Gasteiger partial charge in [0.1, 0.15) is 0 Å². The third kappa shape index (κ3) is 4.68. The number of rotatable bonds is 6. The van der Waals surface area contributed by atoms with Crippen molar-refractivity contribution in [2.45, 2.75) is 64.2 Å². The molecule has 2 heteroatoms. The van der Waals surface area contributed by atoms with E-state index in [9.17, 15) is 8.78 Å². The lowest BCUT2D eigenvalue weighted by molar-refractivity contribution is 0.303. The van der Waals surface area contributed by atoms with Crippen molar-refractivity contribution in [2.75, 3.05) is 0 Å². The summed E-state index contributed by atoms with van der Waals surface area (Å²) in [5.41, 5.74) is 3.05. The Labute approximate surface area is 150 Å². The van der Waals surface area contributed by atoms with Crippen LogP contribution in [-0.4, -0.2) is 0 Å². The van der Waals surface area contributed by atoms with Crippen molar-refractivity contribution in [3.8, 4) is 11.1 Å². The maximum Gasteiger partial charge on any atom is 0.159 e. The van der Waals surface area contributed by atoms with Gasteiger partial charge in [-0.3, -0.25) is 0 Å². The second kappa shape index (κ2) is 8.60. The van der Waals surface area contributed by atoms with Crippen LogP contribution < -0.4 is 0 Å². The molecule has 2 aromatic rings. The second-order valence-corrected chi connectivity index (χ2v) is 7.46. The molecule has 2 aromatic carbocycles. The molecule has 0 aliphatic heterocycles. The summed E-state index contributed by atoms with van der Waals surface area (Å²) in [4.78, 5) is 0. The van der Waals surface area contributed by atoms with E-state index in [1.807, 2.05) is 12.1 Å². The molecule has 0 unspecified atom stereocenters. The maximum atomic E-state index is 13.4. The molecule has 1 fully saturated rings. The largest absolute Gasteiger partial charge is 0.204 e. The predicted octanol–water partition coefficient (Wildman–Crippen LogP) is 7.49. The van der Waals surface area contributed by atoms with Gasteiger partial charge in [-0.1, -0.05) is 62.9 Å². The quantitative estimate of drug-likeness (QED) is 0.477. The van der Waals surface area contributed by atoms with Crippen molar-refractivity contribution < 1.29 is 8.78 Å². The number of halogens is 2. The van der Waals surface area contributed by atoms with Crippen molar-refractivity contribution >= 4 is 0 Å². The third-order valence-electron chi connectivity index (χ3n) is 5.70. The fourth-order valence-electron chi connectivity index (χ4n) is 4.09. The molecule has 3 rings (SSSR count). The molecule has 0 atom stereocenters. The molecule has 0 bridgehead atoms. The Kier molecular flexibility index (Phi) is 6.23. The van der Waals surface area contributed by atoms with Crippen LogP contribution in [-0.2, 0) is 0 Å². The smallest absolute Gasteiger partial charge is 0.159 e. The van der Waals surface area contributed by atoms with Crippen LogP contribution in [0.5, 0.6) is 0 Å². The van der Waals surface area contributed by atoms with Gasteiger partial charge in [-0.15, -0.1) is 0 Å². The van der Waals surface area contributed by atoms with Crippen molar-refractivity contribution in [1.82, 2.24) is 0 Å². The molecule has 1 aliphatic carbocycles. The summed E-state index contributed by atoms with van der Waals surface area (Å²) in [6, 6.07) is 12.5. The Morgan fingerprint density at radius 2 is 1.48 bits per heavy atom. The lowest BCUT2D eigenvalue weighted by atomic mass is 9.77. The van der Waals surface area contributed by atoms with Gasteiger partial charge in [0.05, 0.1) is 0 Å². The second-order valence-electron chi connectivity index (χ2n) is 7.46. The van der Waals surface area contributed by atoms with Gasteiger partial charge in [0.25, 0.3) is 0 Å². The summed E-state index contributed by atoms with van der Waals surface area (Å²) in [6.45, 7) is 2.26. The highest BCUT2D eigenvalue weighted by Crippen LogP contribution is 2.38. The summed E-state index contributed by atoms with van der Waals surface area (Å²) in [7, 11) is 0. The molecule has 0 spiro atoms. The molecule has 134 valence electrons. The van der Waals surface area contributed by atoms with Crippen LogP contribution in [0.3, 0.4) is 0 Å². The normalized spacial score (nSPS) is 20.6. The van der Waals surface area contributed by atoms with Crippen LogP contribution in [0.15, 0.2) is 42.5 Å². The zero-order chi connectivity index (χ0) is 17.6. The Morgan fingerprint density at radius 3 is 2.12 bits per heavy atom. The Morgan fingerprint density at radius 1 is 0.800 bits per heavy atom. The van der Waals surface area contributed by atoms with Crippen LogP contribution >= 0.6 is 0 Å². The fourth-order valence-corrected chi connectivity index (χ4v) is 4.09. The summed E-state index contributed by atoms with van der Waals surface area (Å²) in [5, 5.41) is 0. The van der Waals surface area contributed by atoms with Gasteiger partial charge in [-0.05, 0) is 66.3 Å². The van der Waals surface area contributed by atoms with Gasteiger partial charge >= 0.3 is 0 Å². The molecule has 0 amide bonds. The first-order valence-electron chi connectivity index (χ1n) is 9.72. The zero-order valence-electron chi connectivity index (χ0n) is 15.1. The molecular formula is C23H28F2. The van der Waals surface area contributed by atoms with Crippen LogP contribution in [0.1, 0.15) is 69.8 Å². The number of hydrogen-bond acceptors (Lipinski definition) is 0. The highest BCUT2D eigenvalue weighted by Gasteiger charge is 2.22. The van der Waals surface area contributed by atoms with Gasteiger partial charge < -0.3 is 0 Å². The summed E-state index contributed by atoms with van der Waals surface area (Å²) in [5.74, 6) is -0.00951. The first-order chi connectivity index (χ1) is 12.2. The zero-order valence-corrected chi connectivity index (χ0v) is 15.1. The van der Waals surface area contributed by atoms with Crippen molar-refractivity contribution in [3.05, 3.63) is 59.7 Å². The van der Waals surface area contributed by atoms with Crippen LogP contribution in [0.2, 0.25) is 0 Å². The minimum absolute atomic E-state index is 0.654. The van der Waals surface area contributed by atoms with Gasteiger partial charge in [-0.2, -0.15) is 0 Å². The van der Waals surface area contributed by atoms with E-state index in [2.05, 4.69) is 19.1 Å². The Bertz CT molecular complexity index is 667. The van der Waals surface area contributed by atoms with E-state index >= 15 is 0 Å². The first kappa shape index (κ1) is 18.1. The molecule has 0 saturated heterocycles. The minimum Gasteiger partial charge on any atom is -0.204 e. The molecule has 0 aromatic heterocycles. The van der Waals surface area contributed by atoms with Gasteiger partial charge in [-0.25, -0.2) is 8.78 Å². The maximum absolute atomic E-state index is 13.4. The minimum atomic E-state index is -0.795. The number of unbranched alkanes of at least 4 members (excludes halogenated alkanes) is 2. The molecular weight excluding hydrogens is 314 g/mol. The summed E-state index contributed by atoms with van der Waals surface area (Å²) < 4.78 is 26.5. The standard InChI is InChI=1S/C23H28F2/c1-2-3-4-5-17-6-8-18(9-7-17)19-10-12-20(13-11-19)21-14-15-22(24)23(25)16-21/h10-18H,2-9H2,1H3/t17-,18-. The van der Waals surface area contributed by atoms with Crippen molar-refractivity contribution in [2.24, 2.45) is 5.92 Å². The van der Waals surface area contributed by atoms with Gasteiger partial charge in [0.15, 0.2) is 11.6 Å². The van der Waals surface area contributed by atoms with E-state index in [0.717, 1.165) is 17.0 Å².